The average molecular weight is 159 g/mol. The van der Waals surface area contributed by atoms with Gasteiger partial charge in [0.1, 0.15) is 0 Å². The minimum Gasteiger partial charge on any atom is -0.390 e. The lowest BCUT2D eigenvalue weighted by Gasteiger charge is -2.16. The van der Waals surface area contributed by atoms with Crippen molar-refractivity contribution in [2.75, 3.05) is 0 Å². The van der Waals surface area contributed by atoms with Crippen LogP contribution in [-0.2, 0) is 0 Å². The zero-order valence-corrected chi connectivity index (χ0v) is 7.93. The summed E-state index contributed by atoms with van der Waals surface area (Å²) in [5, 5.41) is 9.35. The van der Waals surface area contributed by atoms with E-state index in [1.54, 1.807) is 0 Å². The van der Waals surface area contributed by atoms with Gasteiger partial charge in [0.25, 0.3) is 0 Å². The molecule has 0 fully saturated rings. The van der Waals surface area contributed by atoms with Gasteiger partial charge in [-0.25, -0.2) is 0 Å². The van der Waals surface area contributed by atoms with Crippen molar-refractivity contribution in [1.29, 1.82) is 0 Å². The second kappa shape index (κ2) is 4.73. The molecular weight excluding hydrogens is 138 g/mol. The highest BCUT2D eigenvalue weighted by Crippen LogP contribution is 2.13. The first-order chi connectivity index (χ1) is 4.92. The predicted octanol–water partition coefficient (Wildman–Crippen LogP) is 1.66. The molecule has 0 spiro atoms. The zero-order valence-electron chi connectivity index (χ0n) is 7.93. The highest BCUT2D eigenvalue weighted by molar-refractivity contribution is 4.65. The molecule has 0 aliphatic carbocycles. The normalized spacial score (nSPS) is 15.0. The van der Waals surface area contributed by atoms with E-state index < -0.39 is 5.60 Å². The third kappa shape index (κ3) is 9.92. The quantitative estimate of drug-likeness (QED) is 0.599. The van der Waals surface area contributed by atoms with Gasteiger partial charge in [-0.05, 0) is 33.6 Å². The molecular formula is C9H21NO. The monoisotopic (exact) mass is 159 g/mol. The summed E-state index contributed by atoms with van der Waals surface area (Å²) in [4.78, 5) is 0. The van der Waals surface area contributed by atoms with Gasteiger partial charge in [0.05, 0.1) is 5.60 Å². The second-order valence-corrected chi connectivity index (χ2v) is 4.04. The summed E-state index contributed by atoms with van der Waals surface area (Å²) in [6, 6.07) is 0.303. The molecule has 0 heterocycles. The number of hydrogen-bond donors (Lipinski definition) is 2. The van der Waals surface area contributed by atoms with Crippen LogP contribution in [0.4, 0.5) is 0 Å². The lowest BCUT2D eigenvalue weighted by Crippen LogP contribution is -2.19. The van der Waals surface area contributed by atoms with Crippen molar-refractivity contribution in [3.63, 3.8) is 0 Å². The Kier molecular flexibility index (Phi) is 4.69. The first-order valence-electron chi connectivity index (χ1n) is 4.40. The van der Waals surface area contributed by atoms with Gasteiger partial charge in [0.15, 0.2) is 0 Å². The Balaban J connectivity index is 3.15. The number of aliphatic hydroxyl groups is 1. The Hall–Kier alpha value is -0.0800. The van der Waals surface area contributed by atoms with Crippen molar-refractivity contribution in [1.82, 2.24) is 0 Å². The highest BCUT2D eigenvalue weighted by Gasteiger charge is 2.10. The summed E-state index contributed by atoms with van der Waals surface area (Å²) in [6.07, 6.45) is 4.14. The molecule has 1 atom stereocenters. The summed E-state index contributed by atoms with van der Waals surface area (Å²) in [5.41, 5.74) is 5.08. The lowest BCUT2D eigenvalue weighted by molar-refractivity contribution is 0.0679. The molecule has 2 heteroatoms. The van der Waals surface area contributed by atoms with E-state index in [1.165, 1.54) is 0 Å². The minimum absolute atomic E-state index is 0.303. The van der Waals surface area contributed by atoms with Gasteiger partial charge >= 0.3 is 0 Å². The molecule has 0 saturated carbocycles. The Morgan fingerprint density at radius 3 is 2.27 bits per heavy atom. The van der Waals surface area contributed by atoms with E-state index in [0.29, 0.717) is 6.04 Å². The molecule has 3 N–H and O–H groups in total. The van der Waals surface area contributed by atoms with Crippen LogP contribution in [0.1, 0.15) is 46.5 Å². The van der Waals surface area contributed by atoms with Crippen molar-refractivity contribution in [3.8, 4) is 0 Å². The number of rotatable bonds is 5. The molecule has 0 amide bonds. The Bertz CT molecular complexity index is 94.2. The summed E-state index contributed by atoms with van der Waals surface area (Å²) in [5.74, 6) is 0. The fraction of sp³-hybridized carbons (Fsp3) is 1.00. The van der Waals surface area contributed by atoms with Crippen LogP contribution in [0.25, 0.3) is 0 Å². The second-order valence-electron chi connectivity index (χ2n) is 4.04. The number of hydrogen-bond acceptors (Lipinski definition) is 2. The van der Waals surface area contributed by atoms with E-state index >= 15 is 0 Å². The van der Waals surface area contributed by atoms with E-state index in [2.05, 4.69) is 0 Å². The molecule has 0 saturated heterocycles. The molecule has 68 valence electrons. The van der Waals surface area contributed by atoms with Gasteiger partial charge in [-0.3, -0.25) is 0 Å². The molecule has 0 aliphatic rings. The van der Waals surface area contributed by atoms with Gasteiger partial charge < -0.3 is 10.8 Å². The van der Waals surface area contributed by atoms with Crippen LogP contribution in [0, 0.1) is 0 Å². The van der Waals surface area contributed by atoms with Crippen LogP contribution in [0.15, 0.2) is 0 Å². The van der Waals surface area contributed by atoms with Crippen molar-refractivity contribution in [3.05, 3.63) is 0 Å². The molecule has 1 unspecified atom stereocenters. The smallest absolute Gasteiger partial charge is 0.0591 e. The van der Waals surface area contributed by atoms with Gasteiger partial charge in [0.2, 0.25) is 0 Å². The summed E-state index contributed by atoms with van der Waals surface area (Å²) < 4.78 is 0. The molecule has 2 nitrogen and oxygen atoms in total. The van der Waals surface area contributed by atoms with Crippen molar-refractivity contribution in [2.45, 2.75) is 58.1 Å². The maximum absolute atomic E-state index is 9.35. The zero-order chi connectivity index (χ0) is 8.91. The SMILES string of the molecule is CC(N)CCCCC(C)(C)O. The van der Waals surface area contributed by atoms with Crippen LogP contribution < -0.4 is 5.73 Å². The van der Waals surface area contributed by atoms with Crippen LogP contribution in [0.5, 0.6) is 0 Å². The topological polar surface area (TPSA) is 46.2 Å². The molecule has 0 aromatic carbocycles. The number of unbranched alkanes of at least 4 members (excludes halogenated alkanes) is 1. The summed E-state index contributed by atoms with van der Waals surface area (Å²) in [6.45, 7) is 5.71. The largest absolute Gasteiger partial charge is 0.390 e. The highest BCUT2D eigenvalue weighted by atomic mass is 16.3. The summed E-state index contributed by atoms with van der Waals surface area (Å²) >= 11 is 0. The van der Waals surface area contributed by atoms with E-state index in [9.17, 15) is 5.11 Å². The molecule has 11 heavy (non-hydrogen) atoms. The van der Waals surface area contributed by atoms with Crippen molar-refractivity contribution < 1.29 is 5.11 Å². The van der Waals surface area contributed by atoms with Crippen LogP contribution in [-0.4, -0.2) is 16.7 Å². The fourth-order valence-electron chi connectivity index (χ4n) is 1.02. The Morgan fingerprint density at radius 1 is 1.36 bits per heavy atom. The van der Waals surface area contributed by atoms with E-state index in [-0.39, 0.29) is 0 Å². The lowest BCUT2D eigenvalue weighted by atomic mass is 10.00. The van der Waals surface area contributed by atoms with E-state index in [1.807, 2.05) is 20.8 Å². The van der Waals surface area contributed by atoms with Gasteiger partial charge in [-0.15, -0.1) is 0 Å². The molecule has 0 bridgehead atoms. The molecule has 0 aliphatic heterocycles. The van der Waals surface area contributed by atoms with Crippen LogP contribution >= 0.6 is 0 Å². The van der Waals surface area contributed by atoms with Gasteiger partial charge in [-0.2, -0.15) is 0 Å². The number of nitrogens with two attached hydrogens (primary N) is 1. The summed E-state index contributed by atoms with van der Waals surface area (Å²) in [7, 11) is 0. The standard InChI is InChI=1S/C9H21NO/c1-8(10)6-4-5-7-9(2,3)11/h8,11H,4-7,10H2,1-3H3. The van der Waals surface area contributed by atoms with Gasteiger partial charge in [-0.1, -0.05) is 12.8 Å². The molecule has 0 aromatic heterocycles. The Labute approximate surface area is 69.8 Å². The third-order valence-electron chi connectivity index (χ3n) is 1.70. The van der Waals surface area contributed by atoms with Crippen molar-refractivity contribution >= 4 is 0 Å². The van der Waals surface area contributed by atoms with Crippen LogP contribution in [0.2, 0.25) is 0 Å². The predicted molar refractivity (Wildman–Crippen MR) is 48.4 cm³/mol. The Morgan fingerprint density at radius 2 is 1.91 bits per heavy atom. The first-order valence-corrected chi connectivity index (χ1v) is 4.40. The van der Waals surface area contributed by atoms with E-state index in [4.69, 9.17) is 5.73 Å². The minimum atomic E-state index is -0.502. The van der Waals surface area contributed by atoms with Gasteiger partial charge in [0, 0.05) is 6.04 Å². The molecule has 0 radical (unpaired) electrons. The van der Waals surface area contributed by atoms with Crippen LogP contribution in [0.3, 0.4) is 0 Å². The van der Waals surface area contributed by atoms with Crippen molar-refractivity contribution in [2.24, 2.45) is 5.73 Å². The van der Waals surface area contributed by atoms with E-state index in [0.717, 1.165) is 25.7 Å². The first kappa shape index (κ1) is 10.9. The molecule has 0 aromatic rings. The maximum atomic E-state index is 9.35. The fourth-order valence-corrected chi connectivity index (χ4v) is 1.02. The molecule has 0 rings (SSSR count). The third-order valence-corrected chi connectivity index (χ3v) is 1.70. The maximum Gasteiger partial charge on any atom is 0.0591 e. The average Bonchev–Trinajstić information content (AvgIpc) is 1.78.